The molecule has 0 aliphatic rings. The minimum Gasteiger partial charge on any atom is -0.262 e. The van der Waals surface area contributed by atoms with Crippen LogP contribution in [0, 0.1) is 0 Å². The molecule has 0 radical (unpaired) electrons. The quantitative estimate of drug-likeness (QED) is 0.707. The minimum absolute atomic E-state index is 0.623. The fourth-order valence-electron chi connectivity index (χ4n) is 0.801. The molecule has 0 bridgehead atoms. The molecule has 0 N–H and O–H groups in total. The lowest BCUT2D eigenvalue weighted by Crippen LogP contribution is -1.69. The first kappa shape index (κ1) is 13.8. The lowest BCUT2D eigenvalue weighted by Gasteiger charge is -1.87. The van der Waals surface area contributed by atoms with Crippen molar-refractivity contribution in [2.45, 2.75) is 9.79 Å². The normalized spacial score (nSPS) is 9.25. The van der Waals surface area contributed by atoms with Crippen LogP contribution < -0.4 is 0 Å². The van der Waals surface area contributed by atoms with Crippen LogP contribution in [0.2, 0.25) is 5.02 Å². The molecule has 0 aromatic carbocycles. The SMILES string of the molecule is Sc1cncc(Br)c1.Sc1cncc(Cl)c1. The van der Waals surface area contributed by atoms with Gasteiger partial charge in [0.25, 0.3) is 0 Å². The zero-order valence-electron chi connectivity index (χ0n) is 8.01. The molecule has 0 spiro atoms. The van der Waals surface area contributed by atoms with E-state index in [1.165, 1.54) is 0 Å². The number of thiol groups is 2. The summed E-state index contributed by atoms with van der Waals surface area (Å²) in [5.74, 6) is 0. The van der Waals surface area contributed by atoms with E-state index in [4.69, 9.17) is 11.6 Å². The molecule has 16 heavy (non-hydrogen) atoms. The van der Waals surface area contributed by atoms with E-state index in [1.54, 1.807) is 30.9 Å². The number of hydrogen-bond acceptors (Lipinski definition) is 4. The third kappa shape index (κ3) is 5.75. The molecule has 0 aliphatic carbocycles. The highest BCUT2D eigenvalue weighted by atomic mass is 79.9. The van der Waals surface area contributed by atoms with E-state index in [1.807, 2.05) is 6.07 Å². The fraction of sp³-hybridized carbons (Fsp3) is 0. The van der Waals surface area contributed by atoms with Crippen molar-refractivity contribution in [2.75, 3.05) is 0 Å². The molecule has 6 heteroatoms. The second-order valence-electron chi connectivity index (χ2n) is 2.72. The predicted molar refractivity (Wildman–Crippen MR) is 75.7 cm³/mol. The van der Waals surface area contributed by atoms with Gasteiger partial charge < -0.3 is 0 Å². The average Bonchev–Trinajstić information content (AvgIpc) is 2.17. The maximum Gasteiger partial charge on any atom is 0.0600 e. The standard InChI is InChI=1S/C5H4BrNS.C5H4ClNS/c2*6-4-1-5(8)3-7-2-4/h2*1-3,8H. The molecular formula is C10H8BrClN2S2. The van der Waals surface area contributed by atoms with Gasteiger partial charge in [-0.15, -0.1) is 25.3 Å². The van der Waals surface area contributed by atoms with Crippen molar-refractivity contribution in [3.63, 3.8) is 0 Å². The summed E-state index contributed by atoms with van der Waals surface area (Å²) in [4.78, 5) is 9.30. The monoisotopic (exact) mass is 334 g/mol. The zero-order valence-corrected chi connectivity index (χ0v) is 12.1. The van der Waals surface area contributed by atoms with Gasteiger partial charge in [-0.2, -0.15) is 0 Å². The van der Waals surface area contributed by atoms with Gasteiger partial charge in [0.2, 0.25) is 0 Å². The van der Waals surface area contributed by atoms with Crippen LogP contribution in [0.5, 0.6) is 0 Å². The van der Waals surface area contributed by atoms with Gasteiger partial charge in [0.15, 0.2) is 0 Å². The van der Waals surface area contributed by atoms with Crippen molar-refractivity contribution >= 4 is 52.8 Å². The highest BCUT2D eigenvalue weighted by molar-refractivity contribution is 9.10. The number of hydrogen-bond donors (Lipinski definition) is 2. The Morgan fingerprint density at radius 1 is 0.938 bits per heavy atom. The average molecular weight is 336 g/mol. The number of aromatic nitrogens is 2. The summed E-state index contributed by atoms with van der Waals surface area (Å²) < 4.78 is 0.963. The highest BCUT2D eigenvalue weighted by Gasteiger charge is 1.85. The Kier molecular flexibility index (Phi) is 6.20. The molecule has 0 aliphatic heterocycles. The van der Waals surface area contributed by atoms with E-state index < -0.39 is 0 Å². The topological polar surface area (TPSA) is 25.8 Å². The van der Waals surface area contributed by atoms with Crippen LogP contribution in [0.15, 0.2) is 51.2 Å². The largest absolute Gasteiger partial charge is 0.262 e. The summed E-state index contributed by atoms with van der Waals surface area (Å²) in [5.41, 5.74) is 0. The van der Waals surface area contributed by atoms with Crippen LogP contribution in [-0.2, 0) is 0 Å². The maximum absolute atomic E-state index is 5.53. The molecule has 0 saturated carbocycles. The Labute approximate surface area is 118 Å². The van der Waals surface area contributed by atoms with Crippen molar-refractivity contribution in [2.24, 2.45) is 0 Å². The van der Waals surface area contributed by atoms with Crippen LogP contribution in [-0.4, -0.2) is 9.97 Å². The molecule has 2 rings (SSSR count). The van der Waals surface area contributed by atoms with Crippen molar-refractivity contribution in [1.82, 2.24) is 9.97 Å². The van der Waals surface area contributed by atoms with Crippen molar-refractivity contribution < 1.29 is 0 Å². The summed E-state index contributed by atoms with van der Waals surface area (Å²) in [7, 11) is 0. The van der Waals surface area contributed by atoms with E-state index in [-0.39, 0.29) is 0 Å². The lowest BCUT2D eigenvalue weighted by molar-refractivity contribution is 1.23. The van der Waals surface area contributed by atoms with Gasteiger partial charge in [-0.1, -0.05) is 11.6 Å². The van der Waals surface area contributed by atoms with Crippen LogP contribution in [0.25, 0.3) is 0 Å². The summed E-state index contributed by atoms with van der Waals surface area (Å²) in [6.07, 6.45) is 6.61. The van der Waals surface area contributed by atoms with Crippen molar-refractivity contribution in [3.05, 3.63) is 46.4 Å². The van der Waals surface area contributed by atoms with Gasteiger partial charge in [0, 0.05) is 39.1 Å². The van der Waals surface area contributed by atoms with Crippen LogP contribution in [0.1, 0.15) is 0 Å². The van der Waals surface area contributed by atoms with Gasteiger partial charge in [0.1, 0.15) is 0 Å². The highest BCUT2D eigenvalue weighted by Crippen LogP contribution is 2.11. The van der Waals surface area contributed by atoms with Crippen LogP contribution in [0.4, 0.5) is 0 Å². The maximum atomic E-state index is 5.53. The first-order valence-corrected chi connectivity index (χ1v) is 6.23. The molecule has 2 heterocycles. The van der Waals surface area contributed by atoms with E-state index >= 15 is 0 Å². The van der Waals surface area contributed by atoms with Gasteiger partial charge in [-0.25, -0.2) is 0 Å². The molecule has 0 amide bonds. The predicted octanol–water partition coefficient (Wildman–Crippen LogP) is 4.16. The summed E-state index contributed by atoms with van der Waals surface area (Å²) >= 11 is 16.9. The summed E-state index contributed by atoms with van der Waals surface area (Å²) in [6.45, 7) is 0. The molecular weight excluding hydrogens is 328 g/mol. The van der Waals surface area contributed by atoms with Crippen LogP contribution >= 0.6 is 52.8 Å². The molecule has 0 atom stereocenters. The Hall–Kier alpha value is -0.230. The number of halogens is 2. The van der Waals surface area contributed by atoms with Gasteiger partial charge >= 0.3 is 0 Å². The fourth-order valence-corrected chi connectivity index (χ4v) is 2.00. The first-order valence-electron chi connectivity index (χ1n) is 4.17. The van der Waals surface area contributed by atoms with E-state index in [0.29, 0.717) is 5.02 Å². The first-order chi connectivity index (χ1) is 7.58. The molecule has 0 fully saturated rings. The Morgan fingerprint density at radius 3 is 1.81 bits per heavy atom. The van der Waals surface area contributed by atoms with Gasteiger partial charge in [-0.3, -0.25) is 9.97 Å². The van der Waals surface area contributed by atoms with E-state index in [9.17, 15) is 0 Å². The number of nitrogens with zero attached hydrogens (tertiary/aromatic N) is 2. The van der Waals surface area contributed by atoms with Gasteiger partial charge in [-0.05, 0) is 28.1 Å². The molecule has 0 unspecified atom stereocenters. The Balaban J connectivity index is 0.000000160. The lowest BCUT2D eigenvalue weighted by atomic mass is 10.5. The number of pyridine rings is 2. The minimum atomic E-state index is 0.623. The van der Waals surface area contributed by atoms with Crippen molar-refractivity contribution in [1.29, 1.82) is 0 Å². The second-order valence-corrected chi connectivity index (χ2v) is 5.11. The Morgan fingerprint density at radius 2 is 1.50 bits per heavy atom. The van der Waals surface area contributed by atoms with Crippen molar-refractivity contribution in [3.8, 4) is 0 Å². The zero-order chi connectivity index (χ0) is 12.0. The molecule has 84 valence electrons. The number of rotatable bonds is 0. The third-order valence-electron chi connectivity index (χ3n) is 1.38. The second kappa shape index (κ2) is 7.17. The smallest absolute Gasteiger partial charge is 0.0600 e. The van der Waals surface area contributed by atoms with E-state index in [0.717, 1.165) is 14.3 Å². The van der Waals surface area contributed by atoms with Crippen LogP contribution in [0.3, 0.4) is 0 Å². The molecule has 2 aromatic heterocycles. The molecule has 2 nitrogen and oxygen atoms in total. The van der Waals surface area contributed by atoms with Gasteiger partial charge in [0.05, 0.1) is 5.02 Å². The molecule has 0 saturated heterocycles. The summed E-state index contributed by atoms with van der Waals surface area (Å²) in [5, 5.41) is 0.623. The Bertz CT molecular complexity index is 390. The van der Waals surface area contributed by atoms with E-state index in [2.05, 4.69) is 51.2 Å². The summed E-state index contributed by atoms with van der Waals surface area (Å²) in [6, 6.07) is 3.62. The third-order valence-corrected chi connectivity index (χ3v) is 2.51. The molecule has 2 aromatic rings.